The molecule has 0 bridgehead atoms. The first-order valence-electron chi connectivity index (χ1n) is 13.3. The van der Waals surface area contributed by atoms with Gasteiger partial charge in [0, 0.05) is 6.54 Å². The molecule has 0 heterocycles. The van der Waals surface area contributed by atoms with Gasteiger partial charge in [-0.1, -0.05) is 70.2 Å². The van der Waals surface area contributed by atoms with Crippen molar-refractivity contribution in [2.45, 2.75) is 97.4 Å². The Kier molecular flexibility index (Phi) is 15.0. The highest BCUT2D eigenvalue weighted by atomic mass is 19.1. The number of ether oxygens (including phenoxy) is 1. The monoisotopic (exact) mass is 521 g/mol. The van der Waals surface area contributed by atoms with E-state index in [0.717, 1.165) is 37.7 Å². The van der Waals surface area contributed by atoms with Crippen LogP contribution >= 0.6 is 0 Å². The Hall–Kier alpha value is -2.51. The molecule has 0 aliphatic rings. The number of nitrogens with zero attached hydrogens (tertiary/aromatic N) is 1. The van der Waals surface area contributed by atoms with Crippen LogP contribution in [0, 0.1) is 11.6 Å². The lowest BCUT2D eigenvalue weighted by Gasteiger charge is -2.29. The summed E-state index contributed by atoms with van der Waals surface area (Å²) >= 11 is 0. The van der Waals surface area contributed by atoms with Gasteiger partial charge in [-0.15, -0.1) is 0 Å². The van der Waals surface area contributed by atoms with Crippen LogP contribution in [0.1, 0.15) is 103 Å². The van der Waals surface area contributed by atoms with Crippen LogP contribution in [0.15, 0.2) is 48.5 Å². The van der Waals surface area contributed by atoms with Crippen molar-refractivity contribution < 1.29 is 28.5 Å². The molecule has 0 saturated heterocycles. The summed E-state index contributed by atoms with van der Waals surface area (Å²) in [7, 11) is 0. The van der Waals surface area contributed by atoms with Crippen molar-refractivity contribution in [3.05, 3.63) is 71.3 Å². The fourth-order valence-electron chi connectivity index (χ4n) is 3.55. The second-order valence-corrected chi connectivity index (χ2v) is 10.3. The zero-order valence-electron chi connectivity index (χ0n) is 23.1. The van der Waals surface area contributed by atoms with Crippen LogP contribution < -0.4 is 0 Å². The SMILES string of the molecule is CCCCCC[C@H](O)c1ccc(F)cc1.CCCCN(C[C@H](O)c1ccc(F)cc1)C(=O)OC(C)(C)C. The first kappa shape index (κ1) is 32.5. The van der Waals surface area contributed by atoms with Gasteiger partial charge in [-0.05, 0) is 69.0 Å². The van der Waals surface area contributed by atoms with Gasteiger partial charge in [0.2, 0.25) is 0 Å². The number of aliphatic hydroxyl groups is 2. The van der Waals surface area contributed by atoms with E-state index in [-0.39, 0.29) is 18.2 Å². The number of aliphatic hydroxyl groups excluding tert-OH is 2. The second kappa shape index (κ2) is 17.1. The van der Waals surface area contributed by atoms with E-state index in [1.165, 1.54) is 54.1 Å². The Balaban J connectivity index is 0.000000397. The largest absolute Gasteiger partial charge is 0.444 e. The Bertz CT molecular complexity index is 882. The summed E-state index contributed by atoms with van der Waals surface area (Å²) in [6.45, 7) is 10.3. The maximum Gasteiger partial charge on any atom is 0.410 e. The highest BCUT2D eigenvalue weighted by Gasteiger charge is 2.24. The molecule has 2 atom stereocenters. The van der Waals surface area contributed by atoms with E-state index < -0.39 is 23.9 Å². The lowest BCUT2D eigenvalue weighted by Crippen LogP contribution is -2.39. The topological polar surface area (TPSA) is 70.0 Å². The van der Waals surface area contributed by atoms with Crippen molar-refractivity contribution >= 4 is 6.09 Å². The molecule has 0 spiro atoms. The number of amides is 1. The summed E-state index contributed by atoms with van der Waals surface area (Å²) in [6.07, 6.45) is 5.39. The minimum absolute atomic E-state index is 0.126. The number of halogens is 2. The molecule has 0 saturated carbocycles. The van der Waals surface area contributed by atoms with Crippen molar-refractivity contribution in [1.29, 1.82) is 0 Å². The molecule has 0 aliphatic heterocycles. The first-order valence-corrected chi connectivity index (χ1v) is 13.3. The van der Waals surface area contributed by atoms with Crippen LogP contribution in [0.2, 0.25) is 0 Å². The number of hydrogen-bond donors (Lipinski definition) is 2. The standard InChI is InChI=1S/C17H26FNO3.C13H19FO/c1-5-6-11-19(16(21)22-17(2,3)4)12-15(20)13-7-9-14(18)10-8-13;1-2-3-4-5-6-13(15)11-7-9-12(14)10-8-11/h7-10,15,20H,5-6,11-12H2,1-4H3;7-10,13,15H,2-6H2,1H3/t15-;13-/m00/s1. The van der Waals surface area contributed by atoms with E-state index in [0.29, 0.717) is 12.1 Å². The summed E-state index contributed by atoms with van der Waals surface area (Å²) in [5, 5.41) is 20.0. The van der Waals surface area contributed by atoms with Gasteiger partial charge in [0.15, 0.2) is 0 Å². The molecule has 2 aromatic carbocycles. The molecule has 2 aromatic rings. The van der Waals surface area contributed by atoms with Crippen molar-refractivity contribution in [1.82, 2.24) is 4.90 Å². The van der Waals surface area contributed by atoms with E-state index in [2.05, 4.69) is 6.92 Å². The van der Waals surface area contributed by atoms with Crippen molar-refractivity contribution in [3.8, 4) is 0 Å². The molecule has 2 rings (SSSR count). The fraction of sp³-hybridized carbons (Fsp3) is 0.567. The van der Waals surface area contributed by atoms with Crippen molar-refractivity contribution in [2.24, 2.45) is 0 Å². The van der Waals surface area contributed by atoms with Gasteiger partial charge >= 0.3 is 6.09 Å². The zero-order valence-corrected chi connectivity index (χ0v) is 23.1. The molecule has 5 nitrogen and oxygen atoms in total. The van der Waals surface area contributed by atoms with Crippen molar-refractivity contribution in [3.63, 3.8) is 0 Å². The molecule has 7 heteroatoms. The summed E-state index contributed by atoms with van der Waals surface area (Å²) in [4.78, 5) is 13.7. The highest BCUT2D eigenvalue weighted by molar-refractivity contribution is 5.68. The third-order valence-electron chi connectivity index (χ3n) is 5.67. The third kappa shape index (κ3) is 14.1. The van der Waals surface area contributed by atoms with Gasteiger partial charge in [-0.25, -0.2) is 13.6 Å². The predicted octanol–water partition coefficient (Wildman–Crippen LogP) is 7.73. The molecular weight excluding hydrogens is 476 g/mol. The Morgan fingerprint density at radius 1 is 0.811 bits per heavy atom. The molecule has 2 N–H and O–H groups in total. The Labute approximate surface area is 221 Å². The zero-order chi connectivity index (χ0) is 27.8. The van der Waals surface area contributed by atoms with Gasteiger partial charge in [0.1, 0.15) is 17.2 Å². The normalized spacial score (nSPS) is 12.8. The highest BCUT2D eigenvalue weighted by Crippen LogP contribution is 2.20. The van der Waals surface area contributed by atoms with Crippen LogP contribution in [0.25, 0.3) is 0 Å². The first-order chi connectivity index (χ1) is 17.5. The Morgan fingerprint density at radius 2 is 1.30 bits per heavy atom. The molecule has 0 radical (unpaired) electrons. The van der Waals surface area contributed by atoms with E-state index in [9.17, 15) is 23.8 Å². The summed E-state index contributed by atoms with van der Waals surface area (Å²) in [5.41, 5.74) is 0.807. The molecule has 0 aliphatic carbocycles. The maximum atomic E-state index is 12.9. The summed E-state index contributed by atoms with van der Waals surface area (Å²) in [5.74, 6) is -0.608. The van der Waals surface area contributed by atoms with Gasteiger partial charge in [-0.3, -0.25) is 0 Å². The van der Waals surface area contributed by atoms with Crippen LogP contribution in [0.4, 0.5) is 13.6 Å². The van der Waals surface area contributed by atoms with Gasteiger partial charge in [-0.2, -0.15) is 0 Å². The van der Waals surface area contributed by atoms with E-state index in [1.807, 2.05) is 6.92 Å². The van der Waals surface area contributed by atoms with E-state index in [4.69, 9.17) is 4.74 Å². The average Bonchev–Trinajstić information content (AvgIpc) is 2.84. The van der Waals surface area contributed by atoms with Crippen LogP contribution in [0.3, 0.4) is 0 Å². The fourth-order valence-corrected chi connectivity index (χ4v) is 3.55. The number of carbonyl (C=O) groups excluding carboxylic acids is 1. The van der Waals surface area contributed by atoms with E-state index >= 15 is 0 Å². The molecule has 37 heavy (non-hydrogen) atoms. The molecule has 0 unspecified atom stereocenters. The quantitative estimate of drug-likeness (QED) is 0.281. The number of unbranched alkanes of at least 4 members (excludes halogenated alkanes) is 4. The lowest BCUT2D eigenvalue weighted by atomic mass is 10.0. The predicted molar refractivity (Wildman–Crippen MR) is 144 cm³/mol. The average molecular weight is 522 g/mol. The molecule has 0 aromatic heterocycles. The number of rotatable bonds is 12. The number of hydrogen-bond acceptors (Lipinski definition) is 4. The van der Waals surface area contributed by atoms with Crippen LogP contribution in [0.5, 0.6) is 0 Å². The number of benzene rings is 2. The smallest absolute Gasteiger partial charge is 0.410 e. The molecule has 0 fully saturated rings. The molecule has 1 amide bonds. The number of carbonyl (C=O) groups is 1. The molecule has 208 valence electrons. The second-order valence-electron chi connectivity index (χ2n) is 10.3. The Morgan fingerprint density at radius 3 is 1.76 bits per heavy atom. The van der Waals surface area contributed by atoms with Gasteiger partial charge in [0.25, 0.3) is 0 Å². The van der Waals surface area contributed by atoms with E-state index in [1.54, 1.807) is 32.9 Å². The summed E-state index contributed by atoms with van der Waals surface area (Å²) in [6, 6.07) is 11.7. The van der Waals surface area contributed by atoms with Gasteiger partial charge in [0.05, 0.1) is 18.8 Å². The third-order valence-corrected chi connectivity index (χ3v) is 5.67. The molecular formula is C30H45F2NO4. The maximum absolute atomic E-state index is 12.9. The van der Waals surface area contributed by atoms with Crippen molar-refractivity contribution in [2.75, 3.05) is 13.1 Å². The van der Waals surface area contributed by atoms with Crippen LogP contribution in [-0.4, -0.2) is 39.9 Å². The minimum atomic E-state index is -0.870. The lowest BCUT2D eigenvalue weighted by molar-refractivity contribution is 0.0141. The minimum Gasteiger partial charge on any atom is -0.444 e. The van der Waals surface area contributed by atoms with Gasteiger partial charge < -0.3 is 19.8 Å². The van der Waals surface area contributed by atoms with Crippen LogP contribution in [-0.2, 0) is 4.74 Å². The summed E-state index contributed by atoms with van der Waals surface area (Å²) < 4.78 is 30.9.